The number of rotatable bonds is 3. The minimum atomic E-state index is -0.654. The van der Waals surface area contributed by atoms with Gasteiger partial charge in [0.1, 0.15) is 12.3 Å². The molecule has 0 aliphatic heterocycles. The molecule has 1 unspecified atom stereocenters. The highest BCUT2D eigenvalue weighted by molar-refractivity contribution is 5.94. The van der Waals surface area contributed by atoms with E-state index in [-0.39, 0.29) is 5.91 Å². The Bertz CT molecular complexity index is 526. The van der Waals surface area contributed by atoms with Gasteiger partial charge in [-0.2, -0.15) is 5.26 Å². The Morgan fingerprint density at radius 1 is 1.29 bits per heavy atom. The van der Waals surface area contributed by atoms with Crippen LogP contribution >= 0.6 is 0 Å². The summed E-state index contributed by atoms with van der Waals surface area (Å²) in [6.07, 6.45) is 2.76. The summed E-state index contributed by atoms with van der Waals surface area (Å²) in [7, 11) is 0. The number of amides is 1. The number of furan rings is 1. The van der Waals surface area contributed by atoms with Crippen LogP contribution in [-0.4, -0.2) is 5.91 Å². The first-order valence-electron chi connectivity index (χ1n) is 5.09. The van der Waals surface area contributed by atoms with Crippen molar-refractivity contribution in [2.45, 2.75) is 6.04 Å². The largest absolute Gasteiger partial charge is 0.472 e. The molecule has 0 fully saturated rings. The zero-order valence-corrected chi connectivity index (χ0v) is 8.96. The smallest absolute Gasteiger partial charge is 0.255 e. The molecule has 0 radical (unpaired) electrons. The highest BCUT2D eigenvalue weighted by Gasteiger charge is 2.15. The van der Waals surface area contributed by atoms with Gasteiger partial charge in [-0.05, 0) is 11.6 Å². The van der Waals surface area contributed by atoms with Crippen LogP contribution in [0, 0.1) is 11.3 Å². The summed E-state index contributed by atoms with van der Waals surface area (Å²) in [5, 5.41) is 11.7. The predicted octanol–water partition coefficient (Wildman–Crippen LogP) is 2.27. The van der Waals surface area contributed by atoms with Crippen LogP contribution in [0.3, 0.4) is 0 Å². The monoisotopic (exact) mass is 226 g/mol. The fraction of sp³-hybridized carbons (Fsp3) is 0.0769. The molecule has 0 saturated carbocycles. The van der Waals surface area contributed by atoms with Gasteiger partial charge in [0.05, 0.1) is 17.9 Å². The Labute approximate surface area is 98.5 Å². The van der Waals surface area contributed by atoms with E-state index in [1.807, 2.05) is 24.3 Å². The summed E-state index contributed by atoms with van der Waals surface area (Å²) in [6.45, 7) is 0. The number of nitrogens with one attached hydrogen (secondary N) is 1. The minimum absolute atomic E-state index is 0.325. The Hall–Kier alpha value is -2.54. The summed E-state index contributed by atoms with van der Waals surface area (Å²) in [5.74, 6) is -0.325. The van der Waals surface area contributed by atoms with Crippen molar-refractivity contribution in [3.8, 4) is 6.07 Å². The van der Waals surface area contributed by atoms with Crippen molar-refractivity contribution in [3.63, 3.8) is 0 Å². The topological polar surface area (TPSA) is 66.0 Å². The van der Waals surface area contributed by atoms with Crippen molar-refractivity contribution < 1.29 is 9.21 Å². The molecule has 2 rings (SSSR count). The van der Waals surface area contributed by atoms with E-state index < -0.39 is 6.04 Å². The zero-order valence-electron chi connectivity index (χ0n) is 8.96. The van der Waals surface area contributed by atoms with E-state index in [2.05, 4.69) is 5.32 Å². The van der Waals surface area contributed by atoms with Gasteiger partial charge in [0, 0.05) is 0 Å². The van der Waals surface area contributed by atoms with E-state index in [1.54, 1.807) is 18.2 Å². The van der Waals surface area contributed by atoms with Crippen LogP contribution < -0.4 is 5.32 Å². The molecule has 17 heavy (non-hydrogen) atoms. The van der Waals surface area contributed by atoms with Crippen molar-refractivity contribution in [2.75, 3.05) is 0 Å². The third-order valence-electron chi connectivity index (χ3n) is 2.32. The second-order valence-corrected chi connectivity index (χ2v) is 3.46. The first kappa shape index (κ1) is 11.0. The third kappa shape index (κ3) is 2.52. The maximum atomic E-state index is 11.7. The number of carbonyl (C=O) groups excluding carboxylic acids is 1. The van der Waals surface area contributed by atoms with Gasteiger partial charge in [-0.15, -0.1) is 0 Å². The molecular formula is C13H10N2O2. The zero-order chi connectivity index (χ0) is 12.1. The number of carbonyl (C=O) groups is 1. The van der Waals surface area contributed by atoms with Gasteiger partial charge < -0.3 is 9.73 Å². The van der Waals surface area contributed by atoms with E-state index >= 15 is 0 Å². The van der Waals surface area contributed by atoms with Crippen LogP contribution in [0.25, 0.3) is 0 Å². The highest BCUT2D eigenvalue weighted by Crippen LogP contribution is 2.12. The van der Waals surface area contributed by atoms with Gasteiger partial charge in [-0.1, -0.05) is 30.3 Å². The molecule has 0 aliphatic rings. The number of benzene rings is 1. The average Bonchev–Trinajstić information content (AvgIpc) is 2.90. The lowest BCUT2D eigenvalue weighted by molar-refractivity contribution is 0.0944. The Morgan fingerprint density at radius 2 is 2.06 bits per heavy atom. The van der Waals surface area contributed by atoms with Gasteiger partial charge in [0.2, 0.25) is 0 Å². The molecule has 2 aromatic rings. The molecule has 1 aromatic heterocycles. The van der Waals surface area contributed by atoms with Crippen LogP contribution in [0.15, 0.2) is 53.3 Å². The van der Waals surface area contributed by atoms with Crippen molar-refractivity contribution in [3.05, 3.63) is 60.1 Å². The van der Waals surface area contributed by atoms with Crippen LogP contribution in [0.5, 0.6) is 0 Å². The van der Waals surface area contributed by atoms with E-state index in [1.165, 1.54) is 12.5 Å². The normalized spacial score (nSPS) is 11.5. The number of hydrogen-bond acceptors (Lipinski definition) is 3. The molecule has 0 spiro atoms. The second-order valence-electron chi connectivity index (χ2n) is 3.46. The van der Waals surface area contributed by atoms with Crippen molar-refractivity contribution in [2.24, 2.45) is 0 Å². The molecule has 84 valence electrons. The fourth-order valence-corrected chi connectivity index (χ4v) is 1.44. The summed E-state index contributed by atoms with van der Waals surface area (Å²) < 4.78 is 4.81. The first-order chi connectivity index (χ1) is 8.31. The summed E-state index contributed by atoms with van der Waals surface area (Å²) in [5.41, 5.74) is 1.16. The van der Waals surface area contributed by atoms with Crippen LogP contribution in [0.1, 0.15) is 22.0 Å². The van der Waals surface area contributed by atoms with E-state index in [0.29, 0.717) is 5.56 Å². The molecule has 1 atom stereocenters. The van der Waals surface area contributed by atoms with Crippen molar-refractivity contribution in [1.29, 1.82) is 5.26 Å². The van der Waals surface area contributed by atoms with Gasteiger partial charge in [0.25, 0.3) is 5.91 Å². The lowest BCUT2D eigenvalue weighted by Crippen LogP contribution is -2.27. The average molecular weight is 226 g/mol. The lowest BCUT2D eigenvalue weighted by atomic mass is 10.1. The molecule has 4 heteroatoms. The van der Waals surface area contributed by atoms with Gasteiger partial charge in [-0.3, -0.25) is 4.79 Å². The molecule has 1 amide bonds. The summed E-state index contributed by atoms with van der Waals surface area (Å²) in [4.78, 5) is 11.7. The Balaban J connectivity index is 2.12. The molecule has 1 N–H and O–H groups in total. The second kappa shape index (κ2) is 4.99. The van der Waals surface area contributed by atoms with Crippen LogP contribution in [0.4, 0.5) is 0 Å². The lowest BCUT2D eigenvalue weighted by Gasteiger charge is -2.10. The summed E-state index contributed by atoms with van der Waals surface area (Å²) in [6, 6.07) is 12.0. The van der Waals surface area contributed by atoms with Crippen molar-refractivity contribution >= 4 is 5.91 Å². The molecule has 4 nitrogen and oxygen atoms in total. The number of hydrogen-bond donors (Lipinski definition) is 1. The molecule has 0 bridgehead atoms. The maximum Gasteiger partial charge on any atom is 0.255 e. The van der Waals surface area contributed by atoms with Gasteiger partial charge in [0.15, 0.2) is 0 Å². The van der Waals surface area contributed by atoms with Gasteiger partial charge >= 0.3 is 0 Å². The number of nitriles is 1. The Kier molecular flexibility index (Phi) is 3.22. The summed E-state index contributed by atoms with van der Waals surface area (Å²) >= 11 is 0. The van der Waals surface area contributed by atoms with Crippen molar-refractivity contribution in [1.82, 2.24) is 5.32 Å². The van der Waals surface area contributed by atoms with E-state index in [9.17, 15) is 4.79 Å². The maximum absolute atomic E-state index is 11.7. The van der Waals surface area contributed by atoms with Gasteiger partial charge in [-0.25, -0.2) is 0 Å². The molecular weight excluding hydrogens is 216 g/mol. The third-order valence-corrected chi connectivity index (χ3v) is 2.32. The quantitative estimate of drug-likeness (QED) is 0.873. The van der Waals surface area contributed by atoms with E-state index in [4.69, 9.17) is 9.68 Å². The first-order valence-corrected chi connectivity index (χ1v) is 5.09. The standard InChI is InChI=1S/C13H10N2O2/c14-8-12(10-4-2-1-3-5-10)15-13(16)11-6-7-17-9-11/h1-7,9,12H,(H,15,16). The van der Waals surface area contributed by atoms with Crippen LogP contribution in [0.2, 0.25) is 0 Å². The SMILES string of the molecule is N#CC(NC(=O)c1ccoc1)c1ccccc1. The number of nitrogens with zero attached hydrogens (tertiary/aromatic N) is 1. The van der Waals surface area contributed by atoms with Crippen LogP contribution in [-0.2, 0) is 0 Å². The molecule has 1 heterocycles. The molecule has 1 aromatic carbocycles. The molecule has 0 saturated heterocycles. The minimum Gasteiger partial charge on any atom is -0.472 e. The van der Waals surface area contributed by atoms with E-state index in [0.717, 1.165) is 5.56 Å². The predicted molar refractivity (Wildman–Crippen MR) is 61.0 cm³/mol. The highest BCUT2D eigenvalue weighted by atomic mass is 16.3. The molecule has 0 aliphatic carbocycles. The Morgan fingerprint density at radius 3 is 2.65 bits per heavy atom. The fourth-order valence-electron chi connectivity index (χ4n) is 1.44.